The fourth-order valence-corrected chi connectivity index (χ4v) is 1.77. The second-order valence-corrected chi connectivity index (χ2v) is 6.16. The van der Waals surface area contributed by atoms with Crippen LogP contribution in [0.15, 0.2) is 22.7 Å². The molecule has 1 amide bonds. The fraction of sp³-hybridized carbons (Fsp3) is 0.462. The van der Waals surface area contributed by atoms with Gasteiger partial charge in [0.05, 0.1) is 0 Å². The molecule has 2 nitrogen and oxygen atoms in total. The largest absolute Gasteiger partial charge is 0.326 e. The first-order chi connectivity index (χ1) is 7.28. The highest BCUT2D eigenvalue weighted by atomic mass is 79.9. The lowest BCUT2D eigenvalue weighted by Gasteiger charge is -2.18. The van der Waals surface area contributed by atoms with Crippen LogP contribution in [0.25, 0.3) is 0 Å². The van der Waals surface area contributed by atoms with Gasteiger partial charge in [0.1, 0.15) is 0 Å². The Morgan fingerprint density at radius 3 is 2.56 bits per heavy atom. The first-order valence-corrected chi connectivity index (χ1v) is 6.13. The highest BCUT2D eigenvalue weighted by Crippen LogP contribution is 2.23. The van der Waals surface area contributed by atoms with Crippen LogP contribution >= 0.6 is 15.9 Å². The van der Waals surface area contributed by atoms with Crippen molar-refractivity contribution >= 4 is 27.5 Å². The van der Waals surface area contributed by atoms with Gasteiger partial charge in [-0.1, -0.05) is 42.8 Å². The Balaban J connectivity index is 2.73. The molecule has 0 aromatic heterocycles. The smallest absolute Gasteiger partial charge is 0.224 e. The average Bonchev–Trinajstić information content (AvgIpc) is 2.08. The fourth-order valence-electron chi connectivity index (χ4n) is 1.40. The Hall–Kier alpha value is -0.830. The van der Waals surface area contributed by atoms with Gasteiger partial charge in [-0.2, -0.15) is 0 Å². The van der Waals surface area contributed by atoms with E-state index in [-0.39, 0.29) is 11.3 Å². The first kappa shape index (κ1) is 13.2. The van der Waals surface area contributed by atoms with Crippen molar-refractivity contribution in [2.24, 2.45) is 5.41 Å². The maximum atomic E-state index is 11.8. The number of benzene rings is 1. The molecule has 0 unspecified atom stereocenters. The molecule has 0 saturated carbocycles. The van der Waals surface area contributed by atoms with Crippen LogP contribution < -0.4 is 5.32 Å². The molecule has 0 aliphatic rings. The van der Waals surface area contributed by atoms with E-state index in [4.69, 9.17) is 0 Å². The topological polar surface area (TPSA) is 29.1 Å². The number of nitrogens with one attached hydrogen (secondary N) is 1. The van der Waals surface area contributed by atoms with E-state index in [1.54, 1.807) is 0 Å². The average molecular weight is 284 g/mol. The predicted octanol–water partition coefficient (Wildman–Crippen LogP) is 4.13. The van der Waals surface area contributed by atoms with Gasteiger partial charge >= 0.3 is 0 Å². The molecule has 0 radical (unpaired) electrons. The van der Waals surface area contributed by atoms with Crippen LogP contribution in [-0.2, 0) is 4.79 Å². The van der Waals surface area contributed by atoms with Gasteiger partial charge < -0.3 is 5.32 Å². The van der Waals surface area contributed by atoms with E-state index in [2.05, 4.69) is 42.0 Å². The zero-order valence-electron chi connectivity index (χ0n) is 10.2. The van der Waals surface area contributed by atoms with Crippen LogP contribution in [0.1, 0.15) is 32.8 Å². The number of halogens is 1. The summed E-state index contributed by atoms with van der Waals surface area (Å²) in [7, 11) is 0. The molecule has 1 aromatic carbocycles. The Labute approximate surface area is 106 Å². The molecule has 16 heavy (non-hydrogen) atoms. The summed E-state index contributed by atoms with van der Waals surface area (Å²) in [6.45, 7) is 8.15. The van der Waals surface area contributed by atoms with Crippen molar-refractivity contribution in [3.05, 3.63) is 28.2 Å². The van der Waals surface area contributed by atoms with Crippen molar-refractivity contribution < 1.29 is 4.79 Å². The summed E-state index contributed by atoms with van der Waals surface area (Å²) in [5, 5.41) is 2.94. The molecule has 0 bridgehead atoms. The quantitative estimate of drug-likeness (QED) is 0.869. The predicted molar refractivity (Wildman–Crippen MR) is 71.6 cm³/mol. The summed E-state index contributed by atoms with van der Waals surface area (Å²) in [5.74, 6) is 0.0636. The third-order valence-corrected chi connectivity index (χ3v) is 2.66. The molecule has 0 spiro atoms. The number of amides is 1. The third-order valence-electron chi connectivity index (χ3n) is 2.16. The first-order valence-electron chi connectivity index (χ1n) is 5.34. The van der Waals surface area contributed by atoms with E-state index in [9.17, 15) is 4.79 Å². The van der Waals surface area contributed by atoms with Crippen molar-refractivity contribution in [2.45, 2.75) is 34.1 Å². The SMILES string of the molecule is Cc1ccc(Br)cc1NC(=O)CC(C)(C)C. The number of rotatable bonds is 2. The Kier molecular flexibility index (Phi) is 4.14. The van der Waals surface area contributed by atoms with Gasteiger partial charge in [0.15, 0.2) is 0 Å². The van der Waals surface area contributed by atoms with E-state index >= 15 is 0 Å². The van der Waals surface area contributed by atoms with Gasteiger partial charge in [0.25, 0.3) is 0 Å². The van der Waals surface area contributed by atoms with E-state index in [1.165, 1.54) is 0 Å². The van der Waals surface area contributed by atoms with Crippen LogP contribution in [0.3, 0.4) is 0 Å². The summed E-state index contributed by atoms with van der Waals surface area (Å²) < 4.78 is 0.976. The zero-order valence-corrected chi connectivity index (χ0v) is 11.8. The van der Waals surface area contributed by atoms with Gasteiger partial charge in [-0.15, -0.1) is 0 Å². The van der Waals surface area contributed by atoms with Crippen molar-refractivity contribution in [2.75, 3.05) is 5.32 Å². The number of aryl methyl sites for hydroxylation is 1. The Bertz CT molecular complexity index is 393. The van der Waals surface area contributed by atoms with Gasteiger partial charge in [-0.05, 0) is 30.0 Å². The van der Waals surface area contributed by atoms with E-state index in [0.717, 1.165) is 15.7 Å². The van der Waals surface area contributed by atoms with E-state index in [1.807, 2.05) is 25.1 Å². The maximum Gasteiger partial charge on any atom is 0.224 e. The number of carbonyl (C=O) groups is 1. The minimum Gasteiger partial charge on any atom is -0.326 e. The zero-order chi connectivity index (χ0) is 12.3. The molecule has 1 aromatic rings. The van der Waals surface area contributed by atoms with Gasteiger partial charge in [0.2, 0.25) is 5.91 Å². The number of anilines is 1. The normalized spacial score (nSPS) is 11.3. The summed E-state index contributed by atoms with van der Waals surface area (Å²) in [6, 6.07) is 5.88. The Morgan fingerprint density at radius 1 is 1.38 bits per heavy atom. The second-order valence-electron chi connectivity index (χ2n) is 5.24. The van der Waals surface area contributed by atoms with Crippen molar-refractivity contribution in [1.29, 1.82) is 0 Å². The monoisotopic (exact) mass is 283 g/mol. The molecule has 0 aliphatic carbocycles. The molecular weight excluding hydrogens is 266 g/mol. The van der Waals surface area contributed by atoms with Gasteiger partial charge in [0, 0.05) is 16.6 Å². The standard InChI is InChI=1S/C13H18BrNO/c1-9-5-6-10(14)7-11(9)15-12(16)8-13(2,3)4/h5-7H,8H2,1-4H3,(H,15,16). The lowest BCUT2D eigenvalue weighted by atomic mass is 9.92. The summed E-state index contributed by atoms with van der Waals surface area (Å²) in [5.41, 5.74) is 1.97. The molecule has 1 rings (SSSR count). The second kappa shape index (κ2) is 5.00. The molecule has 0 fully saturated rings. The summed E-state index contributed by atoms with van der Waals surface area (Å²) in [4.78, 5) is 11.8. The lowest BCUT2D eigenvalue weighted by molar-refractivity contribution is -0.117. The van der Waals surface area contributed by atoms with Gasteiger partial charge in [-0.25, -0.2) is 0 Å². The number of carbonyl (C=O) groups excluding carboxylic acids is 1. The van der Waals surface area contributed by atoms with Crippen LogP contribution in [-0.4, -0.2) is 5.91 Å². The molecule has 1 N–H and O–H groups in total. The summed E-state index contributed by atoms with van der Waals surface area (Å²) in [6.07, 6.45) is 0.527. The molecular formula is C13H18BrNO. The lowest BCUT2D eigenvalue weighted by Crippen LogP contribution is -2.20. The minimum atomic E-state index is 0.0179. The Morgan fingerprint density at radius 2 is 2.00 bits per heavy atom. The molecule has 0 aliphatic heterocycles. The molecule has 0 heterocycles. The highest BCUT2D eigenvalue weighted by molar-refractivity contribution is 9.10. The van der Waals surface area contributed by atoms with Crippen molar-refractivity contribution in [3.63, 3.8) is 0 Å². The van der Waals surface area contributed by atoms with Gasteiger partial charge in [-0.3, -0.25) is 4.79 Å². The van der Waals surface area contributed by atoms with Crippen molar-refractivity contribution in [1.82, 2.24) is 0 Å². The van der Waals surface area contributed by atoms with E-state index in [0.29, 0.717) is 6.42 Å². The summed E-state index contributed by atoms with van der Waals surface area (Å²) >= 11 is 3.40. The maximum absolute atomic E-state index is 11.8. The van der Waals surface area contributed by atoms with E-state index < -0.39 is 0 Å². The van der Waals surface area contributed by atoms with Crippen molar-refractivity contribution in [3.8, 4) is 0 Å². The number of hydrogen-bond donors (Lipinski definition) is 1. The highest BCUT2D eigenvalue weighted by Gasteiger charge is 2.16. The minimum absolute atomic E-state index is 0.0179. The van der Waals surface area contributed by atoms with Crippen LogP contribution in [0.2, 0.25) is 0 Å². The van der Waals surface area contributed by atoms with Crippen LogP contribution in [0.5, 0.6) is 0 Å². The molecule has 3 heteroatoms. The molecule has 0 atom stereocenters. The molecule has 88 valence electrons. The van der Waals surface area contributed by atoms with Crippen LogP contribution in [0.4, 0.5) is 5.69 Å². The third kappa shape index (κ3) is 4.35. The van der Waals surface area contributed by atoms with Crippen LogP contribution in [0, 0.1) is 12.3 Å². The molecule has 0 saturated heterocycles. The number of hydrogen-bond acceptors (Lipinski definition) is 1.